The van der Waals surface area contributed by atoms with E-state index in [0.29, 0.717) is 13.2 Å². The topological polar surface area (TPSA) is 27.7 Å². The molecule has 2 fully saturated rings. The largest absolute Gasteiger partial charge is 0.376 e. The monoisotopic (exact) mass is 144 g/mol. The van der Waals surface area contributed by atoms with Crippen LogP contribution in [0.1, 0.15) is 13.8 Å². The number of hydrogen-bond acceptors (Lipinski definition) is 3. The highest BCUT2D eigenvalue weighted by atomic mass is 16.8. The molecule has 0 spiro atoms. The first-order valence-corrected chi connectivity index (χ1v) is 3.61. The molecule has 2 aliphatic rings. The molecule has 0 saturated carbocycles. The lowest BCUT2D eigenvalue weighted by Crippen LogP contribution is -2.23. The summed E-state index contributed by atoms with van der Waals surface area (Å²) in [5.74, 6) is -0.390. The zero-order chi connectivity index (χ0) is 7.19. The fourth-order valence-corrected chi connectivity index (χ4v) is 1.49. The Morgan fingerprint density at radius 1 is 1.10 bits per heavy atom. The van der Waals surface area contributed by atoms with E-state index in [2.05, 4.69) is 0 Å². The lowest BCUT2D eigenvalue weighted by Gasteiger charge is -2.17. The third kappa shape index (κ3) is 0.944. The third-order valence-corrected chi connectivity index (χ3v) is 1.85. The van der Waals surface area contributed by atoms with Gasteiger partial charge < -0.3 is 14.2 Å². The van der Waals surface area contributed by atoms with Crippen LogP contribution >= 0.6 is 0 Å². The van der Waals surface area contributed by atoms with Crippen LogP contribution in [0.4, 0.5) is 0 Å². The predicted octanol–water partition coefficient (Wildman–Crippen LogP) is 0.537. The van der Waals surface area contributed by atoms with Gasteiger partial charge in [0.25, 0.3) is 0 Å². The number of hydrogen-bond donors (Lipinski definition) is 0. The van der Waals surface area contributed by atoms with E-state index in [9.17, 15) is 0 Å². The van der Waals surface area contributed by atoms with Crippen molar-refractivity contribution < 1.29 is 14.2 Å². The number of ether oxygens (including phenoxy) is 3. The van der Waals surface area contributed by atoms with Gasteiger partial charge in [-0.05, 0) is 13.8 Å². The van der Waals surface area contributed by atoms with Crippen LogP contribution < -0.4 is 0 Å². The van der Waals surface area contributed by atoms with E-state index in [-0.39, 0.29) is 18.0 Å². The summed E-state index contributed by atoms with van der Waals surface area (Å²) in [5.41, 5.74) is 0. The minimum atomic E-state index is -0.390. The Bertz CT molecular complexity index is 130. The van der Waals surface area contributed by atoms with Crippen LogP contribution in [-0.2, 0) is 14.2 Å². The first-order chi connectivity index (χ1) is 4.67. The number of rotatable bonds is 0. The van der Waals surface area contributed by atoms with Gasteiger partial charge >= 0.3 is 0 Å². The summed E-state index contributed by atoms with van der Waals surface area (Å²) >= 11 is 0. The van der Waals surface area contributed by atoms with Crippen LogP contribution in [0.2, 0.25) is 0 Å². The SMILES string of the molecule is CC1(C)O[C@H]2COC[C@@H]2O1. The Kier molecular flexibility index (Phi) is 1.27. The first kappa shape index (κ1) is 6.58. The summed E-state index contributed by atoms with van der Waals surface area (Å²) in [7, 11) is 0. The molecule has 0 aromatic rings. The van der Waals surface area contributed by atoms with Gasteiger partial charge in [0, 0.05) is 0 Å². The van der Waals surface area contributed by atoms with Crippen molar-refractivity contribution in [2.75, 3.05) is 13.2 Å². The molecule has 2 rings (SSSR count). The van der Waals surface area contributed by atoms with Crippen molar-refractivity contribution in [2.45, 2.75) is 31.8 Å². The quantitative estimate of drug-likeness (QED) is 0.496. The predicted molar refractivity (Wildman–Crippen MR) is 34.6 cm³/mol. The van der Waals surface area contributed by atoms with Gasteiger partial charge in [0.2, 0.25) is 0 Å². The van der Waals surface area contributed by atoms with Crippen molar-refractivity contribution in [3.63, 3.8) is 0 Å². The van der Waals surface area contributed by atoms with Crippen LogP contribution in [0.25, 0.3) is 0 Å². The maximum atomic E-state index is 5.53. The molecule has 0 unspecified atom stereocenters. The minimum absolute atomic E-state index is 0.176. The second kappa shape index (κ2) is 1.94. The molecule has 10 heavy (non-hydrogen) atoms. The summed E-state index contributed by atoms with van der Waals surface area (Å²) in [4.78, 5) is 0. The smallest absolute Gasteiger partial charge is 0.163 e. The minimum Gasteiger partial charge on any atom is -0.376 e. The van der Waals surface area contributed by atoms with E-state index in [0.717, 1.165) is 0 Å². The van der Waals surface area contributed by atoms with E-state index in [4.69, 9.17) is 14.2 Å². The summed E-state index contributed by atoms with van der Waals surface area (Å²) in [5, 5.41) is 0. The van der Waals surface area contributed by atoms with Crippen molar-refractivity contribution in [3.8, 4) is 0 Å². The molecule has 2 heterocycles. The molecule has 0 aliphatic carbocycles. The lowest BCUT2D eigenvalue weighted by atomic mass is 10.3. The summed E-state index contributed by atoms with van der Waals surface area (Å²) in [6.07, 6.45) is 0.352. The summed E-state index contributed by atoms with van der Waals surface area (Å²) < 4.78 is 16.2. The van der Waals surface area contributed by atoms with Crippen molar-refractivity contribution in [2.24, 2.45) is 0 Å². The van der Waals surface area contributed by atoms with E-state index < -0.39 is 0 Å². The molecular weight excluding hydrogens is 132 g/mol. The molecule has 0 bridgehead atoms. The van der Waals surface area contributed by atoms with E-state index in [1.807, 2.05) is 13.8 Å². The van der Waals surface area contributed by atoms with Crippen molar-refractivity contribution in [1.29, 1.82) is 0 Å². The first-order valence-electron chi connectivity index (χ1n) is 3.61. The van der Waals surface area contributed by atoms with Crippen molar-refractivity contribution in [3.05, 3.63) is 0 Å². The summed E-state index contributed by atoms with van der Waals surface area (Å²) in [6.45, 7) is 5.25. The van der Waals surface area contributed by atoms with Crippen LogP contribution in [0.5, 0.6) is 0 Å². The average Bonchev–Trinajstić information content (AvgIpc) is 2.20. The highest BCUT2D eigenvalue weighted by molar-refractivity contribution is 4.84. The van der Waals surface area contributed by atoms with Crippen LogP contribution in [0, 0.1) is 0 Å². The van der Waals surface area contributed by atoms with E-state index >= 15 is 0 Å². The highest BCUT2D eigenvalue weighted by Gasteiger charge is 2.44. The Labute approximate surface area is 60.3 Å². The van der Waals surface area contributed by atoms with Gasteiger partial charge in [-0.15, -0.1) is 0 Å². The van der Waals surface area contributed by atoms with Gasteiger partial charge in [-0.1, -0.05) is 0 Å². The molecule has 0 aromatic heterocycles. The molecule has 3 heteroatoms. The third-order valence-electron chi connectivity index (χ3n) is 1.85. The molecule has 2 aliphatic heterocycles. The van der Waals surface area contributed by atoms with Gasteiger partial charge in [0.15, 0.2) is 5.79 Å². The fraction of sp³-hybridized carbons (Fsp3) is 1.00. The van der Waals surface area contributed by atoms with E-state index in [1.54, 1.807) is 0 Å². The van der Waals surface area contributed by atoms with Gasteiger partial charge in [-0.2, -0.15) is 0 Å². The van der Waals surface area contributed by atoms with Crippen LogP contribution in [0.15, 0.2) is 0 Å². The lowest BCUT2D eigenvalue weighted by molar-refractivity contribution is -0.164. The van der Waals surface area contributed by atoms with Gasteiger partial charge in [-0.25, -0.2) is 0 Å². The number of fused-ring (bicyclic) bond motifs is 1. The van der Waals surface area contributed by atoms with Crippen molar-refractivity contribution >= 4 is 0 Å². The van der Waals surface area contributed by atoms with Gasteiger partial charge in [0.1, 0.15) is 12.2 Å². The van der Waals surface area contributed by atoms with Crippen LogP contribution in [0.3, 0.4) is 0 Å². The Morgan fingerprint density at radius 2 is 1.60 bits per heavy atom. The second-order valence-electron chi connectivity index (χ2n) is 3.25. The molecule has 0 N–H and O–H groups in total. The Balaban J connectivity index is 2.07. The Hall–Kier alpha value is -0.120. The molecule has 3 nitrogen and oxygen atoms in total. The molecular formula is C7H12O3. The standard InChI is InChI=1S/C7H12O3/c1-7(2)9-5-3-8-4-6(5)10-7/h5-6H,3-4H2,1-2H3/t5-,6-/m0/s1. The fourth-order valence-electron chi connectivity index (χ4n) is 1.49. The normalized spacial score (nSPS) is 43.8. The molecule has 58 valence electrons. The van der Waals surface area contributed by atoms with Gasteiger partial charge in [-0.3, -0.25) is 0 Å². The molecule has 0 radical (unpaired) electrons. The zero-order valence-electron chi connectivity index (χ0n) is 6.29. The second-order valence-corrected chi connectivity index (χ2v) is 3.25. The maximum Gasteiger partial charge on any atom is 0.163 e. The molecule has 0 amide bonds. The maximum absolute atomic E-state index is 5.53. The highest BCUT2D eigenvalue weighted by Crippen LogP contribution is 2.31. The van der Waals surface area contributed by atoms with Crippen LogP contribution in [-0.4, -0.2) is 31.2 Å². The molecule has 2 atom stereocenters. The summed E-state index contributed by atoms with van der Waals surface area (Å²) in [6, 6.07) is 0. The molecule has 0 aromatic carbocycles. The Morgan fingerprint density at radius 3 is 2.10 bits per heavy atom. The van der Waals surface area contributed by atoms with Gasteiger partial charge in [0.05, 0.1) is 13.2 Å². The van der Waals surface area contributed by atoms with Crippen molar-refractivity contribution in [1.82, 2.24) is 0 Å². The van der Waals surface area contributed by atoms with E-state index in [1.165, 1.54) is 0 Å². The zero-order valence-corrected chi connectivity index (χ0v) is 6.29. The average molecular weight is 144 g/mol. The molecule has 2 saturated heterocycles.